The van der Waals surface area contributed by atoms with E-state index >= 15 is 0 Å². The van der Waals surface area contributed by atoms with Crippen LogP contribution in [0, 0.1) is 13.8 Å². The van der Waals surface area contributed by atoms with Gasteiger partial charge in [-0.25, -0.2) is 0 Å². The highest BCUT2D eigenvalue weighted by Gasteiger charge is 2.03. The van der Waals surface area contributed by atoms with Gasteiger partial charge in [0.05, 0.1) is 5.75 Å². The number of anilines is 1. The molecule has 3 nitrogen and oxygen atoms in total. The second-order valence-corrected chi connectivity index (χ2v) is 5.58. The molecule has 18 heavy (non-hydrogen) atoms. The number of hydrogen-bond acceptors (Lipinski definition) is 3. The maximum atomic E-state index is 11.7. The molecule has 3 N–H and O–H groups in total. The minimum atomic E-state index is 0.0674. The monoisotopic (exact) mass is 266 g/mol. The number of carbonyl (C=O) groups excluding carboxylic acids is 1. The normalized spacial score (nSPS) is 10.4. The Morgan fingerprint density at radius 3 is 2.50 bits per heavy atom. The largest absolute Gasteiger partial charge is 0.330 e. The maximum Gasteiger partial charge on any atom is 0.234 e. The van der Waals surface area contributed by atoms with E-state index in [1.807, 2.05) is 26.0 Å². The number of hydrogen-bond donors (Lipinski definition) is 2. The average Bonchev–Trinajstić information content (AvgIpc) is 2.27. The fourth-order valence-electron chi connectivity index (χ4n) is 1.76. The highest BCUT2D eigenvalue weighted by atomic mass is 32.2. The van der Waals surface area contributed by atoms with Gasteiger partial charge in [0.2, 0.25) is 5.91 Å². The fourth-order valence-corrected chi connectivity index (χ4v) is 2.57. The van der Waals surface area contributed by atoms with Crippen LogP contribution in [0.4, 0.5) is 5.69 Å². The highest BCUT2D eigenvalue weighted by Crippen LogP contribution is 2.14. The number of amides is 1. The Morgan fingerprint density at radius 2 is 1.89 bits per heavy atom. The number of nitrogens with two attached hydrogens (primary N) is 1. The first kappa shape index (κ1) is 15.1. The SMILES string of the molecule is Cc1cc(C)cc(NC(=O)CSCCCCN)c1. The van der Waals surface area contributed by atoms with Crippen molar-refractivity contribution >= 4 is 23.4 Å². The molecule has 1 amide bonds. The van der Waals surface area contributed by atoms with Crippen molar-refractivity contribution in [2.24, 2.45) is 5.73 Å². The zero-order valence-electron chi connectivity index (χ0n) is 11.2. The molecular formula is C14H22N2OS. The Kier molecular flexibility index (Phi) is 6.83. The van der Waals surface area contributed by atoms with E-state index in [0.29, 0.717) is 5.75 Å². The van der Waals surface area contributed by atoms with Gasteiger partial charge in [-0.15, -0.1) is 0 Å². The topological polar surface area (TPSA) is 55.1 Å². The maximum absolute atomic E-state index is 11.7. The van der Waals surface area contributed by atoms with Gasteiger partial charge in [0.25, 0.3) is 0 Å². The van der Waals surface area contributed by atoms with Crippen molar-refractivity contribution < 1.29 is 4.79 Å². The summed E-state index contributed by atoms with van der Waals surface area (Å²) in [4.78, 5) is 11.7. The number of rotatable bonds is 7. The molecule has 0 radical (unpaired) electrons. The van der Waals surface area contributed by atoms with Gasteiger partial charge in [-0.3, -0.25) is 4.79 Å². The summed E-state index contributed by atoms with van der Waals surface area (Å²) < 4.78 is 0. The summed E-state index contributed by atoms with van der Waals surface area (Å²) in [7, 11) is 0. The van der Waals surface area contributed by atoms with Crippen LogP contribution in [0.25, 0.3) is 0 Å². The number of thioether (sulfide) groups is 1. The van der Waals surface area contributed by atoms with Crippen LogP contribution in [0.2, 0.25) is 0 Å². The van der Waals surface area contributed by atoms with E-state index in [9.17, 15) is 4.79 Å². The second-order valence-electron chi connectivity index (χ2n) is 4.47. The van der Waals surface area contributed by atoms with Crippen LogP contribution in [-0.4, -0.2) is 24.0 Å². The first-order chi connectivity index (χ1) is 8.61. The zero-order chi connectivity index (χ0) is 13.4. The summed E-state index contributed by atoms with van der Waals surface area (Å²) in [5, 5.41) is 2.93. The van der Waals surface area contributed by atoms with E-state index in [2.05, 4.69) is 11.4 Å². The summed E-state index contributed by atoms with van der Waals surface area (Å²) in [6.45, 7) is 4.80. The van der Waals surface area contributed by atoms with Crippen LogP contribution in [0.1, 0.15) is 24.0 Å². The summed E-state index contributed by atoms with van der Waals surface area (Å²) in [6, 6.07) is 6.07. The first-order valence-electron chi connectivity index (χ1n) is 6.28. The molecule has 0 spiro atoms. The molecule has 1 rings (SSSR count). The van der Waals surface area contributed by atoms with Crippen LogP contribution in [0.5, 0.6) is 0 Å². The third-order valence-corrected chi connectivity index (χ3v) is 3.53. The molecule has 0 aliphatic heterocycles. The van der Waals surface area contributed by atoms with Gasteiger partial charge in [0.15, 0.2) is 0 Å². The van der Waals surface area contributed by atoms with Gasteiger partial charge in [-0.2, -0.15) is 11.8 Å². The van der Waals surface area contributed by atoms with Gasteiger partial charge >= 0.3 is 0 Å². The van der Waals surface area contributed by atoms with E-state index in [0.717, 1.165) is 30.8 Å². The van der Waals surface area contributed by atoms with Crippen molar-refractivity contribution in [3.63, 3.8) is 0 Å². The van der Waals surface area contributed by atoms with E-state index in [-0.39, 0.29) is 5.91 Å². The third-order valence-electron chi connectivity index (χ3n) is 2.48. The summed E-state index contributed by atoms with van der Waals surface area (Å²) in [5.74, 6) is 1.58. The molecule has 0 bridgehead atoms. The molecule has 0 unspecified atom stereocenters. The predicted octanol–water partition coefficient (Wildman–Crippen LogP) is 2.71. The molecule has 0 aliphatic rings. The number of carbonyl (C=O) groups is 1. The number of nitrogens with one attached hydrogen (secondary N) is 1. The molecule has 0 heterocycles. The number of aryl methyl sites for hydroxylation is 2. The van der Waals surface area contributed by atoms with Crippen molar-refractivity contribution in [3.8, 4) is 0 Å². The minimum absolute atomic E-state index is 0.0674. The van der Waals surface area contributed by atoms with Crippen LogP contribution >= 0.6 is 11.8 Å². The Labute approximate surface area is 114 Å². The molecule has 4 heteroatoms. The lowest BCUT2D eigenvalue weighted by molar-refractivity contribution is -0.113. The smallest absolute Gasteiger partial charge is 0.234 e. The Bertz CT molecular complexity index is 373. The van der Waals surface area contributed by atoms with Crippen LogP contribution in [0.15, 0.2) is 18.2 Å². The summed E-state index contributed by atoms with van der Waals surface area (Å²) >= 11 is 1.66. The molecule has 0 atom stereocenters. The van der Waals surface area contributed by atoms with Gasteiger partial charge in [-0.05, 0) is 62.2 Å². The van der Waals surface area contributed by atoms with E-state index in [1.54, 1.807) is 11.8 Å². The second kappa shape index (κ2) is 8.16. The van der Waals surface area contributed by atoms with Crippen molar-refractivity contribution in [1.82, 2.24) is 0 Å². The predicted molar refractivity (Wildman–Crippen MR) is 80.2 cm³/mol. The Hall–Kier alpha value is -1.00. The number of unbranched alkanes of at least 4 members (excludes halogenated alkanes) is 1. The molecule has 100 valence electrons. The molecule has 0 saturated carbocycles. The van der Waals surface area contributed by atoms with Crippen molar-refractivity contribution in [2.45, 2.75) is 26.7 Å². The van der Waals surface area contributed by atoms with E-state index < -0.39 is 0 Å². The quantitative estimate of drug-likeness (QED) is 0.746. The van der Waals surface area contributed by atoms with Crippen LogP contribution in [-0.2, 0) is 4.79 Å². The van der Waals surface area contributed by atoms with Crippen LogP contribution < -0.4 is 11.1 Å². The molecular weight excluding hydrogens is 244 g/mol. The molecule has 0 saturated heterocycles. The molecule has 1 aromatic rings. The van der Waals surface area contributed by atoms with Crippen molar-refractivity contribution in [3.05, 3.63) is 29.3 Å². The van der Waals surface area contributed by atoms with Gasteiger partial charge in [0, 0.05) is 5.69 Å². The van der Waals surface area contributed by atoms with E-state index in [4.69, 9.17) is 5.73 Å². The number of benzene rings is 1. The van der Waals surface area contributed by atoms with Gasteiger partial charge in [-0.1, -0.05) is 6.07 Å². The molecule has 0 aliphatic carbocycles. The standard InChI is InChI=1S/C14H22N2OS/c1-11-7-12(2)9-13(8-11)16-14(17)10-18-6-4-3-5-15/h7-9H,3-6,10,15H2,1-2H3,(H,16,17). The first-order valence-corrected chi connectivity index (χ1v) is 7.43. The van der Waals surface area contributed by atoms with Crippen molar-refractivity contribution in [1.29, 1.82) is 0 Å². The van der Waals surface area contributed by atoms with Gasteiger partial charge < -0.3 is 11.1 Å². The average molecular weight is 266 g/mol. The lowest BCUT2D eigenvalue weighted by atomic mass is 10.1. The molecule has 1 aromatic carbocycles. The van der Waals surface area contributed by atoms with Crippen LogP contribution in [0.3, 0.4) is 0 Å². The lowest BCUT2D eigenvalue weighted by Gasteiger charge is -2.07. The molecule has 0 aromatic heterocycles. The fraction of sp³-hybridized carbons (Fsp3) is 0.500. The van der Waals surface area contributed by atoms with Crippen molar-refractivity contribution in [2.75, 3.05) is 23.4 Å². The highest BCUT2D eigenvalue weighted by molar-refractivity contribution is 7.99. The lowest BCUT2D eigenvalue weighted by Crippen LogP contribution is -2.14. The Balaban J connectivity index is 2.31. The van der Waals surface area contributed by atoms with Gasteiger partial charge in [0.1, 0.15) is 0 Å². The summed E-state index contributed by atoms with van der Waals surface area (Å²) in [5.41, 5.74) is 8.64. The Morgan fingerprint density at radius 1 is 1.22 bits per heavy atom. The third kappa shape index (κ3) is 6.07. The zero-order valence-corrected chi connectivity index (χ0v) is 12.0. The minimum Gasteiger partial charge on any atom is -0.330 e. The molecule has 0 fully saturated rings. The van der Waals surface area contributed by atoms with E-state index in [1.165, 1.54) is 11.1 Å². The summed E-state index contributed by atoms with van der Waals surface area (Å²) in [6.07, 6.45) is 2.11.